The molecular formula is C6H7BF3KN2S3. The summed E-state index contributed by atoms with van der Waals surface area (Å²) in [6.07, 6.45) is 1.84. The second kappa shape index (κ2) is 7.82. The van der Waals surface area contributed by atoms with Gasteiger partial charge in [0.1, 0.15) is 0 Å². The molecule has 0 fully saturated rings. The van der Waals surface area contributed by atoms with Gasteiger partial charge in [0.15, 0.2) is 8.68 Å². The van der Waals surface area contributed by atoms with E-state index >= 15 is 0 Å². The number of hydrogen-bond donors (Lipinski definition) is 0. The summed E-state index contributed by atoms with van der Waals surface area (Å²) in [6.45, 7) is -1.93. The van der Waals surface area contributed by atoms with Crippen molar-refractivity contribution in [3.8, 4) is 0 Å². The van der Waals surface area contributed by atoms with Crippen molar-refractivity contribution in [3.05, 3.63) is 12.1 Å². The zero-order chi connectivity index (χ0) is 11.5. The third-order valence-corrected chi connectivity index (χ3v) is 4.55. The molecule has 0 radical (unpaired) electrons. The molecule has 0 aliphatic carbocycles. The topological polar surface area (TPSA) is 25.8 Å². The van der Waals surface area contributed by atoms with Crippen molar-refractivity contribution in [2.24, 2.45) is 0 Å². The van der Waals surface area contributed by atoms with Gasteiger partial charge in [0, 0.05) is 0 Å². The molecule has 1 aromatic rings. The van der Waals surface area contributed by atoms with Gasteiger partial charge in [0.25, 0.3) is 0 Å². The minimum absolute atomic E-state index is 0. The van der Waals surface area contributed by atoms with Crippen LogP contribution in [0.2, 0.25) is 0 Å². The van der Waals surface area contributed by atoms with E-state index in [1.165, 1.54) is 23.1 Å². The smallest absolute Gasteiger partial charge is 0.445 e. The van der Waals surface area contributed by atoms with Crippen molar-refractivity contribution < 1.29 is 64.3 Å². The predicted octanol–water partition coefficient (Wildman–Crippen LogP) is 0.299. The molecule has 0 spiro atoms. The van der Waals surface area contributed by atoms with E-state index in [1.807, 2.05) is 6.26 Å². The molecule has 0 atom stereocenters. The Labute approximate surface area is 147 Å². The Morgan fingerprint density at radius 1 is 1.38 bits per heavy atom. The number of hydrogen-bond acceptors (Lipinski definition) is 5. The van der Waals surface area contributed by atoms with Crippen molar-refractivity contribution in [2.75, 3.05) is 12.0 Å². The van der Waals surface area contributed by atoms with Crippen LogP contribution < -0.4 is 51.4 Å². The van der Waals surface area contributed by atoms with E-state index in [4.69, 9.17) is 0 Å². The van der Waals surface area contributed by atoms with Gasteiger partial charge in [-0.05, 0) is 12.0 Å². The van der Waals surface area contributed by atoms with E-state index in [9.17, 15) is 12.9 Å². The Morgan fingerprint density at radius 2 is 1.94 bits per heavy atom. The average molecular weight is 310 g/mol. The van der Waals surface area contributed by atoms with Crippen LogP contribution in [0.4, 0.5) is 12.9 Å². The normalized spacial score (nSPS) is 11.0. The standard InChI is InChI=1S/C6H7BF3N2S3.K/c1-4(7(8,9)10)3-14-6-12-11-5(13-2)15-6;/h1,3H2,2H3;/q-1;+1. The molecule has 0 bridgehead atoms. The summed E-state index contributed by atoms with van der Waals surface area (Å²) in [7, 11) is 0. The first-order valence-electron chi connectivity index (χ1n) is 3.81. The van der Waals surface area contributed by atoms with Gasteiger partial charge in [-0.25, -0.2) is 0 Å². The maximum Gasteiger partial charge on any atom is 1.00 e. The molecule has 2 nitrogen and oxygen atoms in total. The zero-order valence-corrected chi connectivity index (χ0v) is 14.3. The first-order chi connectivity index (χ1) is 6.93. The summed E-state index contributed by atoms with van der Waals surface area (Å²) in [4.78, 5) is 0. The van der Waals surface area contributed by atoms with Gasteiger partial charge < -0.3 is 12.9 Å². The summed E-state index contributed by atoms with van der Waals surface area (Å²) in [6, 6.07) is 0. The van der Waals surface area contributed by atoms with Gasteiger partial charge in [0.05, 0.1) is 0 Å². The molecular weight excluding hydrogens is 303 g/mol. The number of rotatable bonds is 5. The molecule has 0 saturated carbocycles. The number of halogens is 3. The van der Waals surface area contributed by atoms with E-state index in [-0.39, 0.29) is 57.1 Å². The van der Waals surface area contributed by atoms with Gasteiger partial charge in [-0.15, -0.1) is 22.2 Å². The van der Waals surface area contributed by atoms with Gasteiger partial charge in [0.2, 0.25) is 0 Å². The monoisotopic (exact) mass is 310 g/mol. The molecule has 84 valence electrons. The molecule has 16 heavy (non-hydrogen) atoms. The minimum atomic E-state index is -4.93. The fourth-order valence-corrected chi connectivity index (χ4v) is 3.00. The largest absolute Gasteiger partial charge is 1.00 e. The summed E-state index contributed by atoms with van der Waals surface area (Å²) < 4.78 is 37.7. The summed E-state index contributed by atoms with van der Waals surface area (Å²) >= 11 is 3.73. The van der Waals surface area contributed by atoms with E-state index in [1.54, 1.807) is 0 Å². The van der Waals surface area contributed by atoms with Crippen LogP contribution in [-0.2, 0) is 0 Å². The molecule has 0 aliphatic heterocycles. The molecule has 1 aromatic heterocycles. The molecule has 0 amide bonds. The Hall–Kier alpha value is 1.49. The number of aromatic nitrogens is 2. The maximum atomic E-state index is 12.1. The first-order valence-corrected chi connectivity index (χ1v) is 6.84. The molecule has 0 aliphatic rings. The number of thioether (sulfide) groups is 2. The van der Waals surface area contributed by atoms with Crippen molar-refractivity contribution in [1.29, 1.82) is 0 Å². The van der Waals surface area contributed by atoms with Crippen LogP contribution in [0, 0.1) is 0 Å². The fourth-order valence-electron chi connectivity index (χ4n) is 0.587. The van der Waals surface area contributed by atoms with Gasteiger partial charge in [-0.1, -0.05) is 34.9 Å². The van der Waals surface area contributed by atoms with Crippen LogP contribution in [0.1, 0.15) is 0 Å². The van der Waals surface area contributed by atoms with Crippen molar-refractivity contribution in [2.45, 2.75) is 8.68 Å². The van der Waals surface area contributed by atoms with Gasteiger partial charge in [-0.3, -0.25) is 0 Å². The Balaban J connectivity index is 0.00000225. The molecule has 1 rings (SSSR count). The van der Waals surface area contributed by atoms with E-state index < -0.39 is 12.4 Å². The quantitative estimate of drug-likeness (QED) is 0.577. The summed E-state index contributed by atoms with van der Waals surface area (Å²) in [5.41, 5.74) is -0.694. The Morgan fingerprint density at radius 3 is 2.38 bits per heavy atom. The van der Waals surface area contributed by atoms with Crippen molar-refractivity contribution >= 4 is 41.8 Å². The minimum Gasteiger partial charge on any atom is -0.445 e. The van der Waals surface area contributed by atoms with Crippen LogP contribution in [0.25, 0.3) is 0 Å². The van der Waals surface area contributed by atoms with E-state index in [2.05, 4.69) is 16.8 Å². The summed E-state index contributed by atoms with van der Waals surface area (Å²) in [5.74, 6) is -0.174. The molecule has 0 aromatic carbocycles. The SMILES string of the molecule is C=C(CSc1nnc(SC)s1)[B-](F)(F)F.[K+]. The van der Waals surface area contributed by atoms with Gasteiger partial charge in [-0.2, -0.15) is 0 Å². The average Bonchev–Trinajstić information content (AvgIpc) is 2.60. The van der Waals surface area contributed by atoms with Gasteiger partial charge >= 0.3 is 58.4 Å². The second-order valence-corrected chi connectivity index (χ2v) is 5.81. The zero-order valence-electron chi connectivity index (χ0n) is 8.74. The first kappa shape index (κ1) is 17.5. The third-order valence-electron chi connectivity index (χ3n) is 1.41. The van der Waals surface area contributed by atoms with Crippen LogP contribution >= 0.6 is 34.9 Å². The number of nitrogens with zero attached hydrogens (tertiary/aromatic N) is 2. The molecule has 0 saturated heterocycles. The second-order valence-electron chi connectivity index (χ2n) is 2.56. The van der Waals surface area contributed by atoms with Crippen LogP contribution in [-0.4, -0.2) is 29.2 Å². The Bertz CT molecular complexity index is 357. The fraction of sp³-hybridized carbons (Fsp3) is 0.333. The summed E-state index contributed by atoms with van der Waals surface area (Å²) in [5, 5.41) is 7.53. The molecule has 1 heterocycles. The molecule has 0 N–H and O–H groups in total. The molecule has 10 heteroatoms. The van der Waals surface area contributed by atoms with E-state index in [0.29, 0.717) is 4.34 Å². The Kier molecular flexibility index (Phi) is 8.55. The maximum absolute atomic E-state index is 12.1. The van der Waals surface area contributed by atoms with Crippen LogP contribution in [0.15, 0.2) is 20.7 Å². The van der Waals surface area contributed by atoms with Crippen molar-refractivity contribution in [3.63, 3.8) is 0 Å². The molecule has 0 unspecified atom stereocenters. The third kappa shape index (κ3) is 5.90. The van der Waals surface area contributed by atoms with Crippen LogP contribution in [0.3, 0.4) is 0 Å². The predicted molar refractivity (Wildman–Crippen MR) is 60.6 cm³/mol. The van der Waals surface area contributed by atoms with Crippen molar-refractivity contribution in [1.82, 2.24) is 10.2 Å². The van der Waals surface area contributed by atoms with Crippen LogP contribution in [0.5, 0.6) is 0 Å². The van der Waals surface area contributed by atoms with E-state index in [0.717, 1.165) is 16.1 Å².